The molecule has 0 fully saturated rings. The van der Waals surface area contributed by atoms with Crippen molar-refractivity contribution in [3.63, 3.8) is 0 Å². The van der Waals surface area contributed by atoms with Gasteiger partial charge < -0.3 is 15.8 Å². The van der Waals surface area contributed by atoms with Gasteiger partial charge in [-0.25, -0.2) is 0 Å². The zero-order valence-electron chi connectivity index (χ0n) is 11.5. The van der Waals surface area contributed by atoms with E-state index < -0.39 is 0 Å². The van der Waals surface area contributed by atoms with E-state index in [1.807, 2.05) is 30.3 Å². The van der Waals surface area contributed by atoms with Crippen LogP contribution < -0.4 is 11.1 Å². The van der Waals surface area contributed by atoms with E-state index in [4.69, 9.17) is 22.1 Å². The summed E-state index contributed by atoms with van der Waals surface area (Å²) in [6, 6.07) is 14.9. The first-order valence-corrected chi connectivity index (χ1v) is 6.99. The van der Waals surface area contributed by atoms with Crippen LogP contribution in [0.1, 0.15) is 5.56 Å². The van der Waals surface area contributed by atoms with E-state index in [-0.39, 0.29) is 12.5 Å². The molecule has 0 aliphatic carbocycles. The summed E-state index contributed by atoms with van der Waals surface area (Å²) < 4.78 is 5.36. The molecule has 0 saturated heterocycles. The fourth-order valence-electron chi connectivity index (χ4n) is 1.82. The number of anilines is 2. The normalized spacial score (nSPS) is 10.3. The third-order valence-electron chi connectivity index (χ3n) is 2.89. The number of nitrogens with two attached hydrogens (primary N) is 1. The summed E-state index contributed by atoms with van der Waals surface area (Å²) in [5.74, 6) is -0.218. The number of carbonyl (C=O) groups excluding carboxylic acids is 1. The van der Waals surface area contributed by atoms with Gasteiger partial charge in [-0.1, -0.05) is 41.9 Å². The van der Waals surface area contributed by atoms with Gasteiger partial charge in [0.05, 0.1) is 17.3 Å². The Morgan fingerprint density at radius 1 is 1.19 bits per heavy atom. The average Bonchev–Trinajstić information content (AvgIpc) is 2.49. The Bertz CT molecular complexity index is 602. The average molecular weight is 305 g/mol. The van der Waals surface area contributed by atoms with Gasteiger partial charge in [0, 0.05) is 5.69 Å². The standard InChI is InChI=1S/C16H17ClN2O2/c17-14-7-6-13(10-15(14)18)19-16(20)11-21-9-8-12-4-2-1-3-5-12/h1-7,10H,8-9,11,18H2,(H,19,20). The molecule has 2 aromatic rings. The van der Waals surface area contributed by atoms with Gasteiger partial charge in [-0.05, 0) is 30.2 Å². The molecule has 3 N–H and O–H groups in total. The van der Waals surface area contributed by atoms with Crippen molar-refractivity contribution < 1.29 is 9.53 Å². The lowest BCUT2D eigenvalue weighted by atomic mass is 10.2. The molecule has 110 valence electrons. The van der Waals surface area contributed by atoms with Crippen molar-refractivity contribution in [2.24, 2.45) is 0 Å². The smallest absolute Gasteiger partial charge is 0.250 e. The molecule has 21 heavy (non-hydrogen) atoms. The van der Waals surface area contributed by atoms with Crippen LogP contribution in [0.2, 0.25) is 5.02 Å². The molecule has 0 heterocycles. The Balaban J connectivity index is 1.71. The molecule has 0 bridgehead atoms. The fourth-order valence-corrected chi connectivity index (χ4v) is 1.94. The van der Waals surface area contributed by atoms with Gasteiger partial charge in [0.15, 0.2) is 0 Å². The summed E-state index contributed by atoms with van der Waals surface area (Å²) in [4.78, 5) is 11.7. The number of nitrogens with one attached hydrogen (secondary N) is 1. The molecular formula is C16H17ClN2O2. The third-order valence-corrected chi connectivity index (χ3v) is 3.24. The summed E-state index contributed by atoms with van der Waals surface area (Å²) in [5.41, 5.74) is 7.89. The Hall–Kier alpha value is -2.04. The second kappa shape index (κ2) is 7.67. The van der Waals surface area contributed by atoms with Gasteiger partial charge >= 0.3 is 0 Å². The molecule has 0 saturated carbocycles. The highest BCUT2D eigenvalue weighted by Crippen LogP contribution is 2.22. The lowest BCUT2D eigenvalue weighted by Gasteiger charge is -2.07. The molecule has 4 nitrogen and oxygen atoms in total. The minimum atomic E-state index is -0.218. The first-order valence-electron chi connectivity index (χ1n) is 6.61. The second-order valence-electron chi connectivity index (χ2n) is 4.57. The van der Waals surface area contributed by atoms with Crippen molar-refractivity contribution in [2.75, 3.05) is 24.3 Å². The monoisotopic (exact) mass is 304 g/mol. The summed E-state index contributed by atoms with van der Waals surface area (Å²) in [5, 5.41) is 3.17. The third kappa shape index (κ3) is 5.10. The molecule has 2 rings (SSSR count). The number of rotatable bonds is 6. The number of hydrogen-bond donors (Lipinski definition) is 2. The van der Waals surface area contributed by atoms with Crippen molar-refractivity contribution in [3.8, 4) is 0 Å². The quantitative estimate of drug-likeness (QED) is 0.636. The molecular weight excluding hydrogens is 288 g/mol. The summed E-state index contributed by atoms with van der Waals surface area (Å²) >= 11 is 5.82. The lowest BCUT2D eigenvalue weighted by Crippen LogP contribution is -2.19. The van der Waals surface area contributed by atoms with Gasteiger partial charge in [0.1, 0.15) is 6.61 Å². The number of ether oxygens (including phenoxy) is 1. The summed E-state index contributed by atoms with van der Waals surface area (Å²) in [7, 11) is 0. The van der Waals surface area contributed by atoms with Crippen LogP contribution in [-0.2, 0) is 16.0 Å². The van der Waals surface area contributed by atoms with Crippen molar-refractivity contribution in [2.45, 2.75) is 6.42 Å². The maximum absolute atomic E-state index is 11.7. The molecule has 1 amide bonds. The molecule has 0 aliphatic rings. The molecule has 0 aliphatic heterocycles. The van der Waals surface area contributed by atoms with Crippen LogP contribution in [0.4, 0.5) is 11.4 Å². The highest BCUT2D eigenvalue weighted by Gasteiger charge is 2.04. The molecule has 0 aromatic heterocycles. The Morgan fingerprint density at radius 2 is 1.95 bits per heavy atom. The largest absolute Gasteiger partial charge is 0.397 e. The van der Waals surface area contributed by atoms with Crippen LogP contribution in [0.15, 0.2) is 48.5 Å². The zero-order valence-corrected chi connectivity index (χ0v) is 12.3. The van der Waals surface area contributed by atoms with Crippen molar-refractivity contribution in [1.29, 1.82) is 0 Å². The van der Waals surface area contributed by atoms with Crippen molar-refractivity contribution in [3.05, 3.63) is 59.1 Å². The van der Waals surface area contributed by atoms with E-state index >= 15 is 0 Å². The van der Waals surface area contributed by atoms with E-state index in [1.54, 1.807) is 18.2 Å². The van der Waals surface area contributed by atoms with E-state index in [9.17, 15) is 4.79 Å². The summed E-state index contributed by atoms with van der Waals surface area (Å²) in [6.07, 6.45) is 0.780. The van der Waals surface area contributed by atoms with Gasteiger partial charge in [0.25, 0.3) is 0 Å². The minimum Gasteiger partial charge on any atom is -0.397 e. The second-order valence-corrected chi connectivity index (χ2v) is 4.98. The van der Waals surface area contributed by atoms with E-state index in [0.717, 1.165) is 6.42 Å². The predicted molar refractivity (Wildman–Crippen MR) is 85.5 cm³/mol. The van der Waals surface area contributed by atoms with E-state index in [0.29, 0.717) is 23.0 Å². The Morgan fingerprint density at radius 3 is 2.67 bits per heavy atom. The molecule has 2 aromatic carbocycles. The van der Waals surface area contributed by atoms with Crippen LogP contribution in [0.3, 0.4) is 0 Å². The minimum absolute atomic E-state index is 0.00929. The van der Waals surface area contributed by atoms with Gasteiger partial charge in [-0.3, -0.25) is 4.79 Å². The maximum Gasteiger partial charge on any atom is 0.250 e. The Kier molecular flexibility index (Phi) is 5.60. The number of halogens is 1. The van der Waals surface area contributed by atoms with Crippen LogP contribution in [0, 0.1) is 0 Å². The highest BCUT2D eigenvalue weighted by atomic mass is 35.5. The maximum atomic E-state index is 11.7. The first-order chi connectivity index (χ1) is 10.1. The topological polar surface area (TPSA) is 64.3 Å². The van der Waals surface area contributed by atoms with Crippen LogP contribution in [-0.4, -0.2) is 19.1 Å². The number of benzene rings is 2. The van der Waals surface area contributed by atoms with Crippen LogP contribution in [0.5, 0.6) is 0 Å². The van der Waals surface area contributed by atoms with Crippen LogP contribution >= 0.6 is 11.6 Å². The number of nitrogen functional groups attached to an aromatic ring is 1. The number of hydrogen-bond acceptors (Lipinski definition) is 3. The SMILES string of the molecule is Nc1cc(NC(=O)COCCc2ccccc2)ccc1Cl. The molecule has 0 spiro atoms. The molecule has 0 unspecified atom stereocenters. The number of amides is 1. The highest BCUT2D eigenvalue weighted by molar-refractivity contribution is 6.33. The Labute approximate surface area is 128 Å². The predicted octanol–water partition coefficient (Wildman–Crippen LogP) is 3.12. The van der Waals surface area contributed by atoms with Crippen LogP contribution in [0.25, 0.3) is 0 Å². The molecule has 0 atom stereocenters. The first kappa shape index (κ1) is 15.4. The zero-order chi connectivity index (χ0) is 15.1. The van der Waals surface area contributed by atoms with E-state index in [2.05, 4.69) is 5.32 Å². The van der Waals surface area contributed by atoms with Crippen molar-refractivity contribution >= 4 is 28.9 Å². The van der Waals surface area contributed by atoms with Gasteiger partial charge in [-0.2, -0.15) is 0 Å². The summed E-state index contributed by atoms with van der Waals surface area (Å²) in [6.45, 7) is 0.509. The lowest BCUT2D eigenvalue weighted by molar-refractivity contribution is -0.120. The number of carbonyl (C=O) groups is 1. The molecule has 5 heteroatoms. The van der Waals surface area contributed by atoms with Crippen molar-refractivity contribution in [1.82, 2.24) is 0 Å². The fraction of sp³-hybridized carbons (Fsp3) is 0.188. The van der Waals surface area contributed by atoms with E-state index in [1.165, 1.54) is 5.56 Å². The van der Waals surface area contributed by atoms with Gasteiger partial charge in [-0.15, -0.1) is 0 Å². The van der Waals surface area contributed by atoms with Gasteiger partial charge in [0.2, 0.25) is 5.91 Å². The molecule has 0 radical (unpaired) electrons.